The van der Waals surface area contributed by atoms with Crippen LogP contribution in [0.3, 0.4) is 0 Å². The first-order valence-electron chi connectivity index (χ1n) is 10.8. The van der Waals surface area contributed by atoms with Gasteiger partial charge in [0, 0.05) is 41.6 Å². The fourth-order valence-electron chi connectivity index (χ4n) is 4.07. The first-order chi connectivity index (χ1) is 15.7. The lowest BCUT2D eigenvalue weighted by Gasteiger charge is -2.28. The van der Waals surface area contributed by atoms with Gasteiger partial charge in [0.05, 0.1) is 24.5 Å². The van der Waals surface area contributed by atoms with Crippen LogP contribution in [0.4, 0.5) is 17.1 Å². The SMILES string of the molecule is Nc1ccc(Cc2ccc3[nH]c(O)c(C=Nc4ccc(N5CCOCC5)cc4)c3c2)cc1. The molecule has 6 nitrogen and oxygen atoms in total. The third-order valence-electron chi connectivity index (χ3n) is 5.84. The highest BCUT2D eigenvalue weighted by Gasteiger charge is 2.12. The number of aromatic nitrogens is 1. The van der Waals surface area contributed by atoms with E-state index in [0.717, 1.165) is 60.6 Å². The van der Waals surface area contributed by atoms with Crippen molar-refractivity contribution < 1.29 is 9.84 Å². The molecule has 1 aliphatic heterocycles. The lowest BCUT2D eigenvalue weighted by molar-refractivity contribution is 0.122. The first kappa shape index (κ1) is 20.2. The smallest absolute Gasteiger partial charge is 0.198 e. The number of nitrogen functional groups attached to an aromatic ring is 1. The molecule has 1 fully saturated rings. The number of fused-ring (bicyclic) bond motifs is 1. The highest BCUT2D eigenvalue weighted by molar-refractivity contribution is 6.02. The zero-order valence-electron chi connectivity index (χ0n) is 17.8. The van der Waals surface area contributed by atoms with Crippen molar-refractivity contribution in [2.45, 2.75) is 6.42 Å². The minimum atomic E-state index is 0.123. The van der Waals surface area contributed by atoms with Crippen LogP contribution in [0.15, 0.2) is 71.7 Å². The lowest BCUT2D eigenvalue weighted by Crippen LogP contribution is -2.36. The van der Waals surface area contributed by atoms with E-state index in [-0.39, 0.29) is 5.88 Å². The molecule has 32 heavy (non-hydrogen) atoms. The van der Waals surface area contributed by atoms with Crippen LogP contribution in [0.25, 0.3) is 10.9 Å². The number of nitrogens with two attached hydrogens (primary N) is 1. The molecule has 4 N–H and O–H groups in total. The summed E-state index contributed by atoms with van der Waals surface area (Å²) in [6.07, 6.45) is 2.52. The number of rotatable bonds is 5. The average molecular weight is 427 g/mol. The van der Waals surface area contributed by atoms with Crippen molar-refractivity contribution in [1.29, 1.82) is 0 Å². The number of aromatic amines is 1. The molecule has 5 rings (SSSR count). The van der Waals surface area contributed by atoms with Crippen molar-refractivity contribution in [2.24, 2.45) is 4.99 Å². The molecule has 0 atom stereocenters. The van der Waals surface area contributed by atoms with Crippen LogP contribution in [-0.4, -0.2) is 42.6 Å². The number of aliphatic imine (C=N–C) groups is 1. The third kappa shape index (κ3) is 4.31. The van der Waals surface area contributed by atoms with Crippen LogP contribution >= 0.6 is 0 Å². The van der Waals surface area contributed by atoms with Gasteiger partial charge in [-0.3, -0.25) is 4.99 Å². The van der Waals surface area contributed by atoms with Crippen LogP contribution in [0.5, 0.6) is 5.88 Å². The number of anilines is 2. The van der Waals surface area contributed by atoms with Crippen LogP contribution in [-0.2, 0) is 11.2 Å². The van der Waals surface area contributed by atoms with E-state index < -0.39 is 0 Å². The molecule has 1 aliphatic rings. The normalized spacial score (nSPS) is 14.4. The quantitative estimate of drug-likeness (QED) is 0.321. The Hall–Kier alpha value is -3.77. The molecule has 2 heterocycles. The molecule has 0 radical (unpaired) electrons. The van der Waals surface area contributed by atoms with E-state index in [1.54, 1.807) is 6.21 Å². The van der Waals surface area contributed by atoms with Crippen molar-refractivity contribution >= 4 is 34.2 Å². The summed E-state index contributed by atoms with van der Waals surface area (Å²) in [6.45, 7) is 3.34. The topological polar surface area (TPSA) is 86.9 Å². The number of benzene rings is 3. The Labute approximate surface area is 187 Å². The molecule has 6 heteroatoms. The minimum Gasteiger partial charge on any atom is -0.494 e. The Kier molecular flexibility index (Phi) is 5.52. The summed E-state index contributed by atoms with van der Waals surface area (Å²) >= 11 is 0. The molecule has 1 aromatic heterocycles. The molecule has 0 unspecified atom stereocenters. The van der Waals surface area contributed by atoms with E-state index in [1.165, 1.54) is 11.3 Å². The van der Waals surface area contributed by atoms with Gasteiger partial charge < -0.3 is 25.5 Å². The Morgan fingerprint density at radius 2 is 1.69 bits per heavy atom. The molecule has 0 spiro atoms. The second kappa shape index (κ2) is 8.77. The van der Waals surface area contributed by atoms with E-state index in [9.17, 15) is 5.11 Å². The maximum Gasteiger partial charge on any atom is 0.198 e. The van der Waals surface area contributed by atoms with Gasteiger partial charge in [-0.05, 0) is 66.1 Å². The predicted octanol–water partition coefficient (Wildman–Crippen LogP) is 4.63. The van der Waals surface area contributed by atoms with E-state index in [2.05, 4.69) is 39.1 Å². The van der Waals surface area contributed by atoms with Gasteiger partial charge in [0.2, 0.25) is 0 Å². The van der Waals surface area contributed by atoms with Gasteiger partial charge in [-0.2, -0.15) is 0 Å². The summed E-state index contributed by atoms with van der Waals surface area (Å²) in [7, 11) is 0. The number of aromatic hydroxyl groups is 1. The molecule has 0 aliphatic carbocycles. The summed E-state index contributed by atoms with van der Waals surface area (Å²) in [4.78, 5) is 9.96. The van der Waals surface area contributed by atoms with Gasteiger partial charge in [-0.15, -0.1) is 0 Å². The van der Waals surface area contributed by atoms with Gasteiger partial charge in [0.25, 0.3) is 0 Å². The van der Waals surface area contributed by atoms with Crippen LogP contribution in [0.1, 0.15) is 16.7 Å². The number of ether oxygens (including phenoxy) is 1. The highest BCUT2D eigenvalue weighted by Crippen LogP contribution is 2.28. The second-order valence-corrected chi connectivity index (χ2v) is 8.06. The van der Waals surface area contributed by atoms with Crippen LogP contribution < -0.4 is 10.6 Å². The molecular formula is C26H26N4O2. The van der Waals surface area contributed by atoms with Gasteiger partial charge in [-0.1, -0.05) is 18.2 Å². The van der Waals surface area contributed by atoms with E-state index in [4.69, 9.17) is 10.5 Å². The summed E-state index contributed by atoms with van der Waals surface area (Å²) in [6, 6.07) is 22.2. The maximum absolute atomic E-state index is 10.5. The van der Waals surface area contributed by atoms with Gasteiger partial charge in [0.15, 0.2) is 5.88 Å². The van der Waals surface area contributed by atoms with Gasteiger partial charge >= 0.3 is 0 Å². The molecule has 3 aromatic carbocycles. The number of morpholine rings is 1. The van der Waals surface area contributed by atoms with Crippen LogP contribution in [0.2, 0.25) is 0 Å². The van der Waals surface area contributed by atoms with Gasteiger partial charge in [0.1, 0.15) is 0 Å². The number of H-pyrrole nitrogens is 1. The van der Waals surface area contributed by atoms with Crippen molar-refractivity contribution in [2.75, 3.05) is 36.9 Å². The summed E-state index contributed by atoms with van der Waals surface area (Å²) < 4.78 is 5.42. The maximum atomic E-state index is 10.5. The molecule has 4 aromatic rings. The Morgan fingerprint density at radius 3 is 2.44 bits per heavy atom. The Balaban J connectivity index is 1.37. The largest absolute Gasteiger partial charge is 0.494 e. The number of hydrogen-bond donors (Lipinski definition) is 3. The standard InChI is InChI=1S/C26H26N4O2/c27-20-4-1-18(2-5-20)15-19-3-10-25-23(16-19)24(26(31)29-25)17-28-21-6-8-22(9-7-21)30-11-13-32-14-12-30/h1-10,16-17,29,31H,11-15,27H2. The molecular weight excluding hydrogens is 400 g/mol. The molecule has 0 saturated carbocycles. The highest BCUT2D eigenvalue weighted by atomic mass is 16.5. The monoisotopic (exact) mass is 426 g/mol. The van der Waals surface area contributed by atoms with E-state index in [1.807, 2.05) is 42.5 Å². The minimum absolute atomic E-state index is 0.123. The fourth-order valence-corrected chi connectivity index (χ4v) is 4.07. The Morgan fingerprint density at radius 1 is 0.969 bits per heavy atom. The average Bonchev–Trinajstić information content (AvgIpc) is 3.14. The Bertz CT molecular complexity index is 1240. The molecule has 162 valence electrons. The molecule has 1 saturated heterocycles. The zero-order chi connectivity index (χ0) is 21.9. The third-order valence-corrected chi connectivity index (χ3v) is 5.84. The lowest BCUT2D eigenvalue weighted by atomic mass is 10.0. The number of nitrogens with one attached hydrogen (secondary N) is 1. The predicted molar refractivity (Wildman–Crippen MR) is 130 cm³/mol. The molecule has 0 bridgehead atoms. The summed E-state index contributed by atoms with van der Waals surface area (Å²) in [5.74, 6) is 0.123. The first-order valence-corrected chi connectivity index (χ1v) is 10.8. The van der Waals surface area contributed by atoms with E-state index in [0.29, 0.717) is 5.56 Å². The second-order valence-electron chi connectivity index (χ2n) is 8.06. The summed E-state index contributed by atoms with van der Waals surface area (Å²) in [5, 5.41) is 11.4. The fraction of sp³-hybridized carbons (Fsp3) is 0.192. The van der Waals surface area contributed by atoms with E-state index >= 15 is 0 Å². The van der Waals surface area contributed by atoms with Crippen molar-refractivity contribution in [3.05, 3.63) is 83.4 Å². The van der Waals surface area contributed by atoms with Crippen molar-refractivity contribution in [1.82, 2.24) is 4.98 Å². The number of hydrogen-bond acceptors (Lipinski definition) is 5. The number of nitrogens with zero attached hydrogens (tertiary/aromatic N) is 2. The van der Waals surface area contributed by atoms with Crippen LogP contribution in [0, 0.1) is 0 Å². The van der Waals surface area contributed by atoms with Crippen molar-refractivity contribution in [3.63, 3.8) is 0 Å². The zero-order valence-corrected chi connectivity index (χ0v) is 17.8. The van der Waals surface area contributed by atoms with Gasteiger partial charge in [-0.25, -0.2) is 0 Å². The van der Waals surface area contributed by atoms with Crippen molar-refractivity contribution in [3.8, 4) is 5.88 Å². The summed E-state index contributed by atoms with van der Waals surface area (Å²) in [5.41, 5.74) is 12.5. The molecule has 0 amide bonds.